The molecule has 0 bridgehead atoms. The predicted molar refractivity (Wildman–Crippen MR) is 265 cm³/mol. The van der Waals surface area contributed by atoms with Gasteiger partial charge in [0.05, 0.1) is 73.1 Å². The van der Waals surface area contributed by atoms with Crippen LogP contribution < -0.4 is 16.0 Å². The van der Waals surface area contributed by atoms with Crippen molar-refractivity contribution < 1.29 is 47.4 Å². The number of imide groups is 2. The van der Waals surface area contributed by atoms with Crippen molar-refractivity contribution in [1.82, 2.24) is 30.0 Å². The summed E-state index contributed by atoms with van der Waals surface area (Å²) in [7, 11) is 2.00. The zero-order valence-corrected chi connectivity index (χ0v) is 42.1. The Bertz CT molecular complexity index is 2450. The number of anilines is 2. The summed E-state index contributed by atoms with van der Waals surface area (Å²) in [5.74, 6) is 0.175. The second kappa shape index (κ2) is 25.0. The van der Waals surface area contributed by atoms with Gasteiger partial charge in [-0.25, -0.2) is 9.97 Å². The van der Waals surface area contributed by atoms with Gasteiger partial charge < -0.3 is 39.1 Å². The molecule has 3 aliphatic heterocycles. The monoisotopic (exact) mass is 1000 g/mol. The third-order valence-corrected chi connectivity index (χ3v) is 14.2. The van der Waals surface area contributed by atoms with Crippen LogP contribution in [0, 0.1) is 0 Å². The van der Waals surface area contributed by atoms with Crippen LogP contribution >= 0.6 is 23.1 Å². The zero-order chi connectivity index (χ0) is 49.6. The zero-order valence-electron chi connectivity index (χ0n) is 40.4. The van der Waals surface area contributed by atoms with Gasteiger partial charge in [0.15, 0.2) is 5.13 Å². The largest absolute Gasteiger partial charge is 0.444 e. The highest BCUT2D eigenvalue weighted by Crippen LogP contribution is 2.34. The van der Waals surface area contributed by atoms with Gasteiger partial charge in [0.1, 0.15) is 17.6 Å². The van der Waals surface area contributed by atoms with Crippen molar-refractivity contribution in [2.45, 2.75) is 93.2 Å². The van der Waals surface area contributed by atoms with E-state index >= 15 is 0 Å². The highest BCUT2D eigenvalue weighted by Gasteiger charge is 2.45. The first kappa shape index (κ1) is 52.3. The van der Waals surface area contributed by atoms with Crippen LogP contribution in [0.25, 0.3) is 0 Å². The quantitative estimate of drug-likeness (QED) is 0.0384. The third kappa shape index (κ3) is 14.5. The van der Waals surface area contributed by atoms with Gasteiger partial charge in [-0.15, -0.1) is 11.8 Å². The molecule has 20 heteroatoms. The SMILES string of the molecule is CN(CCCC(=O)Cc1ccc(C(=O)N2CCC[C@@H](Nc3ncc(SCc4ncc(C(C)(C)C)o4)s3)C2)cc1)CCOCCOCCOCCNc1cccc2c1C(=O)N(C1CCC(=O)NC1=O)C2=O. The second-order valence-electron chi connectivity index (χ2n) is 18.6. The van der Waals surface area contributed by atoms with E-state index in [1.807, 2.05) is 42.4 Å². The number of benzene rings is 2. The van der Waals surface area contributed by atoms with Gasteiger partial charge in [-0.3, -0.25) is 39.0 Å². The molecule has 4 aromatic rings. The molecule has 70 heavy (non-hydrogen) atoms. The molecular weight excluding hydrogens is 937 g/mol. The minimum absolute atomic E-state index is 0.00799. The van der Waals surface area contributed by atoms with Gasteiger partial charge in [0.25, 0.3) is 17.7 Å². The molecule has 0 spiro atoms. The molecule has 18 nitrogen and oxygen atoms in total. The van der Waals surface area contributed by atoms with E-state index in [-0.39, 0.29) is 47.1 Å². The van der Waals surface area contributed by atoms with E-state index in [0.29, 0.717) is 95.0 Å². The van der Waals surface area contributed by atoms with Crippen molar-refractivity contribution in [2.75, 3.05) is 90.0 Å². The maximum atomic E-state index is 13.5. The Labute approximate surface area is 416 Å². The standard InChI is InChI=1S/C50H64N8O10S2/c1-50(2,3)40-29-52-42(68-40)32-69-43-30-53-49(70-43)54-35-8-6-20-57(31-35)46(62)34-14-12-33(13-15-34)28-36(59)9-7-19-56(4)21-23-66-25-27-67-26-24-65-22-18-51-38-11-5-10-37-44(38)48(64)58(47(37)63)39-16-17-41(60)55-45(39)61/h5,10-15,29-30,35,39,51H,6-9,16-28,31-32H2,1-4H3,(H,53,54)(H,55,60,61)/t35-,39?/m1/s1. The van der Waals surface area contributed by atoms with Crippen LogP contribution in [0.15, 0.2) is 63.5 Å². The number of Topliss-reactive ketones (excluding diaryl/α,β-unsaturated/α-hetero) is 1. The lowest BCUT2D eigenvalue weighted by atomic mass is 9.94. The smallest absolute Gasteiger partial charge is 0.264 e. The van der Waals surface area contributed by atoms with Crippen LogP contribution in [0.3, 0.4) is 0 Å². The van der Waals surface area contributed by atoms with E-state index < -0.39 is 29.7 Å². The molecule has 0 saturated carbocycles. The summed E-state index contributed by atoms with van der Waals surface area (Å²) in [6.07, 6.45) is 7.23. The normalized spacial score (nSPS) is 17.3. The molecule has 2 fully saturated rings. The van der Waals surface area contributed by atoms with Crippen LogP contribution in [0.2, 0.25) is 0 Å². The van der Waals surface area contributed by atoms with Gasteiger partial charge in [-0.05, 0) is 69.1 Å². The molecule has 376 valence electrons. The summed E-state index contributed by atoms with van der Waals surface area (Å²) >= 11 is 3.24. The molecule has 5 amide bonds. The summed E-state index contributed by atoms with van der Waals surface area (Å²) in [5, 5.41) is 9.73. The van der Waals surface area contributed by atoms with Crippen LogP contribution in [-0.4, -0.2) is 151 Å². The van der Waals surface area contributed by atoms with Crippen LogP contribution in [0.1, 0.15) is 108 Å². The molecule has 0 radical (unpaired) electrons. The predicted octanol–water partition coefficient (Wildman–Crippen LogP) is 5.82. The number of oxazole rings is 1. The number of thiazole rings is 1. The molecule has 3 aliphatic rings. The number of piperidine rings is 2. The first-order valence-corrected chi connectivity index (χ1v) is 25.7. The summed E-state index contributed by atoms with van der Waals surface area (Å²) in [5.41, 5.74) is 2.33. The molecule has 2 atom stereocenters. The lowest BCUT2D eigenvalue weighted by molar-refractivity contribution is -0.136. The van der Waals surface area contributed by atoms with Gasteiger partial charge >= 0.3 is 0 Å². The topological polar surface area (TPSA) is 215 Å². The minimum atomic E-state index is -1.02. The molecule has 0 aliphatic carbocycles. The van der Waals surface area contributed by atoms with Crippen molar-refractivity contribution in [3.05, 3.63) is 88.8 Å². The molecule has 2 aromatic heterocycles. The fraction of sp³-hybridized carbons (Fsp3) is 0.520. The van der Waals surface area contributed by atoms with Crippen molar-refractivity contribution in [2.24, 2.45) is 0 Å². The molecular formula is C50H64N8O10S2. The Balaban J connectivity index is 0.688. The van der Waals surface area contributed by atoms with Crippen molar-refractivity contribution >= 4 is 69.2 Å². The average Bonchev–Trinajstić information content (AvgIpc) is 4.07. The third-order valence-electron chi connectivity index (χ3n) is 12.1. The molecule has 5 heterocycles. The maximum absolute atomic E-state index is 13.5. The number of hydrogen-bond donors (Lipinski definition) is 3. The van der Waals surface area contributed by atoms with E-state index in [1.165, 1.54) is 0 Å². The lowest BCUT2D eigenvalue weighted by Gasteiger charge is -2.33. The van der Waals surface area contributed by atoms with E-state index in [9.17, 15) is 28.8 Å². The van der Waals surface area contributed by atoms with Crippen LogP contribution in [0.5, 0.6) is 0 Å². The first-order valence-electron chi connectivity index (χ1n) is 23.9. The Morgan fingerprint density at radius 1 is 0.929 bits per heavy atom. The number of fused-ring (bicyclic) bond motifs is 1. The molecule has 2 saturated heterocycles. The average molecular weight is 1000 g/mol. The number of carbonyl (C=O) groups is 6. The van der Waals surface area contributed by atoms with E-state index in [1.54, 1.807) is 47.5 Å². The fourth-order valence-electron chi connectivity index (χ4n) is 8.31. The number of ketones is 1. The van der Waals surface area contributed by atoms with Gasteiger partial charge in [0, 0.05) is 68.1 Å². The Kier molecular flexibility index (Phi) is 18.7. The number of nitrogens with zero attached hydrogens (tertiary/aromatic N) is 5. The Hall–Kier alpha value is -5.51. The van der Waals surface area contributed by atoms with Crippen LogP contribution in [-0.2, 0) is 46.2 Å². The van der Waals surface area contributed by atoms with Crippen molar-refractivity contribution in [3.63, 3.8) is 0 Å². The van der Waals surface area contributed by atoms with Gasteiger partial charge in [0.2, 0.25) is 17.7 Å². The summed E-state index contributed by atoms with van der Waals surface area (Å²) < 4.78 is 24.0. The first-order chi connectivity index (χ1) is 33.7. The molecule has 2 aromatic carbocycles. The number of thioether (sulfide) groups is 1. The Morgan fingerprint density at radius 2 is 1.69 bits per heavy atom. The number of hydrogen-bond acceptors (Lipinski definition) is 17. The van der Waals surface area contributed by atoms with Gasteiger partial charge in [-0.1, -0.05) is 50.3 Å². The second-order valence-corrected chi connectivity index (χ2v) is 20.9. The van der Waals surface area contributed by atoms with Crippen molar-refractivity contribution in [3.8, 4) is 0 Å². The number of carbonyl (C=O) groups excluding carboxylic acids is 6. The van der Waals surface area contributed by atoms with E-state index in [4.69, 9.17) is 18.6 Å². The molecule has 1 unspecified atom stereocenters. The molecule has 7 rings (SSSR count). The number of ether oxygens (including phenoxy) is 3. The highest BCUT2D eigenvalue weighted by atomic mass is 32.2. The summed E-state index contributed by atoms with van der Waals surface area (Å²) in [6, 6.07) is 11.4. The number of nitrogens with one attached hydrogen (secondary N) is 3. The summed E-state index contributed by atoms with van der Waals surface area (Å²) in [4.78, 5) is 90.5. The van der Waals surface area contributed by atoms with Crippen molar-refractivity contribution in [1.29, 1.82) is 0 Å². The number of likely N-dealkylation sites (N-methyl/N-ethyl adjacent to an activating group) is 1. The van der Waals surface area contributed by atoms with E-state index in [0.717, 1.165) is 57.9 Å². The maximum Gasteiger partial charge on any atom is 0.264 e. The lowest BCUT2D eigenvalue weighted by Crippen LogP contribution is -2.54. The van der Waals surface area contributed by atoms with Gasteiger partial charge in [-0.2, -0.15) is 0 Å². The van der Waals surface area contributed by atoms with Crippen LogP contribution in [0.4, 0.5) is 10.8 Å². The minimum Gasteiger partial charge on any atom is -0.444 e. The highest BCUT2D eigenvalue weighted by molar-refractivity contribution is 8.00. The fourth-order valence-corrected chi connectivity index (χ4v) is 10.1. The number of likely N-dealkylation sites (tertiary alicyclic amines) is 1. The molecule has 3 N–H and O–H groups in total. The summed E-state index contributed by atoms with van der Waals surface area (Å²) in [6.45, 7) is 11.9. The van der Waals surface area contributed by atoms with E-state index in [2.05, 4.69) is 51.6 Å². The Morgan fingerprint density at radius 3 is 2.43 bits per heavy atom. The number of aromatic nitrogens is 2. The number of amides is 5. The number of rotatable bonds is 26.